The van der Waals surface area contributed by atoms with Gasteiger partial charge in [-0.1, -0.05) is 33.6 Å². The van der Waals surface area contributed by atoms with Crippen molar-refractivity contribution in [1.82, 2.24) is 0 Å². The van der Waals surface area contributed by atoms with E-state index < -0.39 is 17.4 Å². The van der Waals surface area contributed by atoms with E-state index in [0.717, 1.165) is 44.9 Å². The number of aliphatic carboxylic acids is 2. The molecular formula is C20H34O4. The zero-order valence-electron chi connectivity index (χ0n) is 15.7. The minimum atomic E-state index is -0.723. The van der Waals surface area contributed by atoms with Gasteiger partial charge in [-0.15, -0.1) is 0 Å². The van der Waals surface area contributed by atoms with Gasteiger partial charge in [-0.3, -0.25) is 9.59 Å². The van der Waals surface area contributed by atoms with E-state index in [4.69, 9.17) is 5.11 Å². The molecule has 0 aromatic carbocycles. The molecule has 2 N–H and O–H groups in total. The second-order valence-electron chi connectivity index (χ2n) is 9.08. The van der Waals surface area contributed by atoms with E-state index in [1.807, 2.05) is 13.8 Å². The Kier molecular flexibility index (Phi) is 5.66. The average molecular weight is 338 g/mol. The van der Waals surface area contributed by atoms with Crippen LogP contribution in [0.3, 0.4) is 0 Å². The van der Waals surface area contributed by atoms with Gasteiger partial charge in [0.1, 0.15) is 0 Å². The molecule has 2 fully saturated rings. The van der Waals surface area contributed by atoms with Crippen LogP contribution in [0.25, 0.3) is 0 Å². The lowest BCUT2D eigenvalue weighted by molar-refractivity contribution is -0.169. The number of carboxylic acid groups (broad SMARTS) is 2. The van der Waals surface area contributed by atoms with Crippen molar-refractivity contribution in [3.05, 3.63) is 0 Å². The molecule has 0 aromatic rings. The SMILES string of the molecule is C[C@@H](CC[C@H]1[C@@H](C)CC[C@@H]2[C@]1(C)CCC[C@]2(C)C(=O)O)CC(=O)O. The second kappa shape index (κ2) is 7.05. The minimum Gasteiger partial charge on any atom is -0.481 e. The lowest BCUT2D eigenvalue weighted by Crippen LogP contribution is -2.54. The normalized spacial score (nSPS) is 40.6. The van der Waals surface area contributed by atoms with Crippen LogP contribution in [0.4, 0.5) is 0 Å². The van der Waals surface area contributed by atoms with Gasteiger partial charge in [0.15, 0.2) is 0 Å². The highest BCUT2D eigenvalue weighted by molar-refractivity contribution is 5.75. The predicted molar refractivity (Wildman–Crippen MR) is 93.7 cm³/mol. The molecule has 2 saturated carbocycles. The summed E-state index contributed by atoms with van der Waals surface area (Å²) in [7, 11) is 0. The quantitative estimate of drug-likeness (QED) is 0.728. The van der Waals surface area contributed by atoms with E-state index in [1.165, 1.54) is 0 Å². The van der Waals surface area contributed by atoms with Crippen molar-refractivity contribution in [2.24, 2.45) is 34.5 Å². The van der Waals surface area contributed by atoms with E-state index in [-0.39, 0.29) is 23.7 Å². The van der Waals surface area contributed by atoms with E-state index in [0.29, 0.717) is 11.8 Å². The smallest absolute Gasteiger partial charge is 0.309 e. The maximum absolute atomic E-state index is 12.0. The molecule has 138 valence electrons. The summed E-state index contributed by atoms with van der Waals surface area (Å²) in [5.41, 5.74) is -0.524. The summed E-state index contributed by atoms with van der Waals surface area (Å²) < 4.78 is 0. The van der Waals surface area contributed by atoms with Crippen LogP contribution in [-0.4, -0.2) is 22.2 Å². The molecule has 0 aromatic heterocycles. The maximum atomic E-state index is 12.0. The highest BCUT2D eigenvalue weighted by Crippen LogP contribution is 2.62. The van der Waals surface area contributed by atoms with Crippen LogP contribution in [0.15, 0.2) is 0 Å². The van der Waals surface area contributed by atoms with E-state index in [1.54, 1.807) is 0 Å². The zero-order chi connectivity index (χ0) is 18.1. The van der Waals surface area contributed by atoms with Crippen molar-refractivity contribution in [2.45, 2.75) is 79.1 Å². The van der Waals surface area contributed by atoms with Crippen molar-refractivity contribution < 1.29 is 19.8 Å². The maximum Gasteiger partial charge on any atom is 0.309 e. The van der Waals surface area contributed by atoms with Crippen molar-refractivity contribution >= 4 is 11.9 Å². The summed E-state index contributed by atoms with van der Waals surface area (Å²) >= 11 is 0. The fraction of sp³-hybridized carbons (Fsp3) is 0.900. The topological polar surface area (TPSA) is 74.6 Å². The molecule has 0 radical (unpaired) electrons. The molecule has 6 atom stereocenters. The molecular weight excluding hydrogens is 304 g/mol. The number of fused-ring (bicyclic) bond motifs is 1. The summed E-state index contributed by atoms with van der Waals surface area (Å²) in [5, 5.41) is 18.8. The van der Waals surface area contributed by atoms with Gasteiger partial charge in [0.25, 0.3) is 0 Å². The Labute approximate surface area is 146 Å². The summed E-state index contributed by atoms with van der Waals surface area (Å²) in [6.45, 7) is 8.60. The van der Waals surface area contributed by atoms with Crippen molar-refractivity contribution in [1.29, 1.82) is 0 Å². The summed E-state index contributed by atoms with van der Waals surface area (Å²) in [4.78, 5) is 22.9. The minimum absolute atomic E-state index is 0.0754. The highest BCUT2D eigenvalue weighted by Gasteiger charge is 2.57. The Bertz CT molecular complexity index is 488. The highest BCUT2D eigenvalue weighted by atomic mass is 16.4. The number of hydrogen-bond acceptors (Lipinski definition) is 2. The van der Waals surface area contributed by atoms with Gasteiger partial charge in [0.2, 0.25) is 0 Å². The van der Waals surface area contributed by atoms with Gasteiger partial charge >= 0.3 is 11.9 Å². The van der Waals surface area contributed by atoms with Crippen LogP contribution in [-0.2, 0) is 9.59 Å². The Morgan fingerprint density at radius 1 is 1.17 bits per heavy atom. The summed E-state index contributed by atoms with van der Waals surface area (Å²) in [6, 6.07) is 0. The van der Waals surface area contributed by atoms with Crippen molar-refractivity contribution in [3.8, 4) is 0 Å². The largest absolute Gasteiger partial charge is 0.481 e. The summed E-state index contributed by atoms with van der Waals surface area (Å²) in [5.74, 6) is 0.177. The number of rotatable bonds is 6. The van der Waals surface area contributed by atoms with Crippen LogP contribution in [0.5, 0.6) is 0 Å². The van der Waals surface area contributed by atoms with E-state index >= 15 is 0 Å². The lowest BCUT2D eigenvalue weighted by Gasteiger charge is -2.58. The average Bonchev–Trinajstić information content (AvgIpc) is 2.45. The lowest BCUT2D eigenvalue weighted by atomic mass is 9.45. The molecule has 0 heterocycles. The van der Waals surface area contributed by atoms with Gasteiger partial charge in [-0.05, 0) is 68.1 Å². The third-order valence-corrected chi connectivity index (χ3v) is 7.40. The van der Waals surface area contributed by atoms with Gasteiger partial charge in [0, 0.05) is 6.42 Å². The first kappa shape index (κ1) is 19.3. The number of carboxylic acids is 2. The van der Waals surface area contributed by atoms with Crippen LogP contribution < -0.4 is 0 Å². The second-order valence-corrected chi connectivity index (χ2v) is 9.08. The molecule has 2 aliphatic carbocycles. The molecule has 4 nitrogen and oxygen atoms in total. The third kappa shape index (κ3) is 3.48. The fourth-order valence-corrected chi connectivity index (χ4v) is 6.02. The van der Waals surface area contributed by atoms with Crippen molar-refractivity contribution in [2.75, 3.05) is 0 Å². The molecule has 4 heteroatoms. The van der Waals surface area contributed by atoms with E-state index in [9.17, 15) is 14.7 Å². The zero-order valence-corrected chi connectivity index (χ0v) is 15.7. The van der Waals surface area contributed by atoms with Crippen LogP contribution in [0, 0.1) is 34.5 Å². The Morgan fingerprint density at radius 2 is 1.83 bits per heavy atom. The van der Waals surface area contributed by atoms with Crippen molar-refractivity contribution in [3.63, 3.8) is 0 Å². The molecule has 0 amide bonds. The van der Waals surface area contributed by atoms with Crippen LogP contribution in [0.2, 0.25) is 0 Å². The first-order valence-corrected chi connectivity index (χ1v) is 9.56. The Hall–Kier alpha value is -1.06. The first-order valence-electron chi connectivity index (χ1n) is 9.56. The predicted octanol–water partition coefficient (Wildman–Crippen LogP) is 4.82. The van der Waals surface area contributed by atoms with Gasteiger partial charge < -0.3 is 10.2 Å². The van der Waals surface area contributed by atoms with Crippen LogP contribution in [0.1, 0.15) is 79.1 Å². The molecule has 0 spiro atoms. The molecule has 0 bridgehead atoms. The first-order chi connectivity index (χ1) is 11.1. The Morgan fingerprint density at radius 3 is 2.42 bits per heavy atom. The molecule has 0 unspecified atom stereocenters. The monoisotopic (exact) mass is 338 g/mol. The molecule has 2 rings (SSSR count). The summed E-state index contributed by atoms with van der Waals surface area (Å²) in [6.07, 6.45) is 7.19. The fourth-order valence-electron chi connectivity index (χ4n) is 6.02. The molecule has 0 saturated heterocycles. The standard InChI is InChI=1S/C20H34O4/c1-13(12-17(21)22)6-8-15-14(2)7-9-16-19(15,3)10-5-11-20(16,4)18(23)24/h13-16H,5-12H2,1-4H3,(H,21,22)(H,23,24)/t13-,14-,15-,16+,19+,20-/m0/s1. The molecule has 2 aliphatic rings. The van der Waals surface area contributed by atoms with Gasteiger partial charge in [-0.25, -0.2) is 0 Å². The number of hydrogen-bond donors (Lipinski definition) is 2. The van der Waals surface area contributed by atoms with Gasteiger partial charge in [-0.2, -0.15) is 0 Å². The molecule has 24 heavy (non-hydrogen) atoms. The number of carbonyl (C=O) groups is 2. The van der Waals surface area contributed by atoms with E-state index in [2.05, 4.69) is 13.8 Å². The van der Waals surface area contributed by atoms with Gasteiger partial charge in [0.05, 0.1) is 5.41 Å². The molecule has 0 aliphatic heterocycles. The van der Waals surface area contributed by atoms with Crippen LogP contribution >= 0.6 is 0 Å². The third-order valence-electron chi connectivity index (χ3n) is 7.40. The Balaban J connectivity index is 2.17.